The van der Waals surface area contributed by atoms with Gasteiger partial charge in [-0.3, -0.25) is 4.79 Å². The number of ether oxygens (including phenoxy) is 1. The lowest BCUT2D eigenvalue weighted by molar-refractivity contribution is -0.121. The molecule has 5 heteroatoms. The van der Waals surface area contributed by atoms with Gasteiger partial charge in [0.25, 0.3) is 6.47 Å². The van der Waals surface area contributed by atoms with Crippen molar-refractivity contribution in [2.45, 2.75) is 6.54 Å². The summed E-state index contributed by atoms with van der Waals surface area (Å²) in [7, 11) is 3.84. The predicted molar refractivity (Wildman–Crippen MR) is 42.7 cm³/mol. The van der Waals surface area contributed by atoms with Crippen molar-refractivity contribution in [3.8, 4) is 5.88 Å². The molecule has 66 valence electrons. The molecule has 0 aliphatic rings. The largest absolute Gasteiger partial charge is 0.408 e. The first-order valence-electron chi connectivity index (χ1n) is 3.51. The molecule has 0 amide bonds. The van der Waals surface area contributed by atoms with E-state index in [4.69, 9.17) is 0 Å². The van der Waals surface area contributed by atoms with Crippen molar-refractivity contribution in [2.24, 2.45) is 0 Å². The van der Waals surface area contributed by atoms with E-state index in [1.165, 1.54) is 6.33 Å². The number of hydrogen-bond donors (Lipinski definition) is 1. The van der Waals surface area contributed by atoms with Gasteiger partial charge in [0.15, 0.2) is 0 Å². The summed E-state index contributed by atoms with van der Waals surface area (Å²) < 4.78 is 4.63. The van der Waals surface area contributed by atoms with Gasteiger partial charge in [-0.1, -0.05) is 0 Å². The summed E-state index contributed by atoms with van der Waals surface area (Å²) in [5, 5.41) is 0. The summed E-state index contributed by atoms with van der Waals surface area (Å²) >= 11 is 0. The number of nitrogens with one attached hydrogen (secondary N) is 1. The fraction of sp³-hybridized carbons (Fsp3) is 0.429. The third-order valence-corrected chi connectivity index (χ3v) is 1.31. The highest BCUT2D eigenvalue weighted by Crippen LogP contribution is 2.12. The number of rotatable bonds is 4. The van der Waals surface area contributed by atoms with Crippen LogP contribution in [0.15, 0.2) is 6.33 Å². The summed E-state index contributed by atoms with van der Waals surface area (Å²) in [4.78, 5) is 18.7. The van der Waals surface area contributed by atoms with Crippen molar-refractivity contribution in [3.63, 3.8) is 0 Å². The fourth-order valence-electron chi connectivity index (χ4n) is 0.885. The van der Waals surface area contributed by atoms with Gasteiger partial charge in [-0.2, -0.15) is 0 Å². The SMILES string of the molecule is CN(C)Cc1[nH]cnc1OC=O. The van der Waals surface area contributed by atoms with Crippen LogP contribution in [0.3, 0.4) is 0 Å². The minimum atomic E-state index is 0.346. The van der Waals surface area contributed by atoms with E-state index in [-0.39, 0.29) is 0 Å². The van der Waals surface area contributed by atoms with Gasteiger partial charge in [0.1, 0.15) is 0 Å². The molecule has 0 radical (unpaired) electrons. The second kappa shape index (κ2) is 3.87. The Balaban J connectivity index is 2.69. The molecule has 0 atom stereocenters. The number of aromatic nitrogens is 2. The fourth-order valence-corrected chi connectivity index (χ4v) is 0.885. The Kier molecular flexibility index (Phi) is 2.82. The lowest BCUT2D eigenvalue weighted by atomic mass is 10.4. The molecule has 12 heavy (non-hydrogen) atoms. The van der Waals surface area contributed by atoms with E-state index in [1.807, 2.05) is 19.0 Å². The number of H-pyrrole nitrogens is 1. The Morgan fingerprint density at radius 1 is 1.75 bits per heavy atom. The first-order valence-corrected chi connectivity index (χ1v) is 3.51. The third-order valence-electron chi connectivity index (χ3n) is 1.31. The highest BCUT2D eigenvalue weighted by molar-refractivity contribution is 5.43. The van der Waals surface area contributed by atoms with Gasteiger partial charge < -0.3 is 14.6 Å². The zero-order valence-corrected chi connectivity index (χ0v) is 7.07. The van der Waals surface area contributed by atoms with Crippen LogP contribution < -0.4 is 4.74 Å². The lowest BCUT2D eigenvalue weighted by Gasteiger charge is -2.07. The van der Waals surface area contributed by atoms with Crippen molar-refractivity contribution in [1.82, 2.24) is 14.9 Å². The maximum absolute atomic E-state index is 10.0. The quantitative estimate of drug-likeness (QED) is 0.645. The summed E-state index contributed by atoms with van der Waals surface area (Å²) in [6, 6.07) is 0. The van der Waals surface area contributed by atoms with Crippen LogP contribution in [0.25, 0.3) is 0 Å². The average Bonchev–Trinajstić information content (AvgIpc) is 2.37. The van der Waals surface area contributed by atoms with Gasteiger partial charge in [0.2, 0.25) is 5.88 Å². The average molecular weight is 169 g/mol. The van der Waals surface area contributed by atoms with Gasteiger partial charge in [0, 0.05) is 6.54 Å². The van der Waals surface area contributed by atoms with Crippen LogP contribution in [0.5, 0.6) is 5.88 Å². The smallest absolute Gasteiger partial charge is 0.299 e. The molecular weight excluding hydrogens is 158 g/mol. The van der Waals surface area contributed by atoms with E-state index in [0.717, 1.165) is 5.69 Å². The van der Waals surface area contributed by atoms with E-state index in [2.05, 4.69) is 14.7 Å². The topological polar surface area (TPSA) is 58.2 Å². The van der Waals surface area contributed by atoms with Crippen LogP contribution in [-0.4, -0.2) is 35.4 Å². The minimum absolute atomic E-state index is 0.346. The molecular formula is C7H11N3O2. The maximum atomic E-state index is 10.0. The normalized spacial score (nSPS) is 10.2. The van der Waals surface area contributed by atoms with Crippen LogP contribution in [0.4, 0.5) is 0 Å². The number of imidazole rings is 1. The molecule has 0 spiro atoms. The molecule has 0 saturated heterocycles. The number of hydrogen-bond acceptors (Lipinski definition) is 4. The predicted octanol–water partition coefficient (Wildman–Crippen LogP) is 0.00650. The standard InChI is InChI=1S/C7H11N3O2/c1-10(2)3-6-7(12-5-11)9-4-8-6/h4-5H,3H2,1-2H3,(H,8,9). The lowest BCUT2D eigenvalue weighted by Crippen LogP contribution is -2.11. The molecule has 0 aromatic carbocycles. The maximum Gasteiger partial charge on any atom is 0.299 e. The van der Waals surface area contributed by atoms with Crippen molar-refractivity contribution in [2.75, 3.05) is 14.1 Å². The first kappa shape index (κ1) is 8.73. The van der Waals surface area contributed by atoms with Crippen LogP contribution in [0, 0.1) is 0 Å². The number of carbonyl (C=O) groups is 1. The molecule has 0 aliphatic carbocycles. The molecule has 1 N–H and O–H groups in total. The summed E-state index contributed by atoms with van der Waals surface area (Å²) in [6.45, 7) is 1.04. The van der Waals surface area contributed by atoms with Crippen molar-refractivity contribution in [1.29, 1.82) is 0 Å². The van der Waals surface area contributed by atoms with Crippen LogP contribution >= 0.6 is 0 Å². The molecule has 1 heterocycles. The Labute approximate surface area is 70.4 Å². The highest BCUT2D eigenvalue weighted by Gasteiger charge is 2.06. The van der Waals surface area contributed by atoms with Gasteiger partial charge in [-0.25, -0.2) is 4.98 Å². The molecule has 0 saturated carbocycles. The summed E-state index contributed by atoms with van der Waals surface area (Å²) in [5.74, 6) is 0.346. The van der Waals surface area contributed by atoms with E-state index in [0.29, 0.717) is 18.9 Å². The second-order valence-corrected chi connectivity index (χ2v) is 2.64. The molecule has 1 aromatic heterocycles. The molecule has 5 nitrogen and oxygen atoms in total. The van der Waals surface area contributed by atoms with E-state index < -0.39 is 0 Å². The van der Waals surface area contributed by atoms with E-state index in [1.54, 1.807) is 0 Å². The Bertz CT molecular complexity index is 257. The van der Waals surface area contributed by atoms with Crippen LogP contribution in [-0.2, 0) is 11.3 Å². The van der Waals surface area contributed by atoms with E-state index >= 15 is 0 Å². The number of nitrogens with zero attached hydrogens (tertiary/aromatic N) is 2. The Hall–Kier alpha value is -1.36. The van der Waals surface area contributed by atoms with Gasteiger partial charge >= 0.3 is 0 Å². The number of carbonyl (C=O) groups excluding carboxylic acids is 1. The summed E-state index contributed by atoms with van der Waals surface area (Å²) in [5.41, 5.74) is 0.798. The van der Waals surface area contributed by atoms with Gasteiger partial charge in [-0.15, -0.1) is 0 Å². The van der Waals surface area contributed by atoms with E-state index in [9.17, 15) is 4.79 Å². The van der Waals surface area contributed by atoms with Crippen LogP contribution in [0.2, 0.25) is 0 Å². The molecule has 0 fully saturated rings. The zero-order valence-electron chi connectivity index (χ0n) is 7.07. The molecule has 0 aliphatic heterocycles. The van der Waals surface area contributed by atoms with Gasteiger partial charge in [-0.05, 0) is 14.1 Å². The Morgan fingerprint density at radius 2 is 2.50 bits per heavy atom. The van der Waals surface area contributed by atoms with Crippen molar-refractivity contribution >= 4 is 6.47 Å². The minimum Gasteiger partial charge on any atom is -0.408 e. The third kappa shape index (κ3) is 2.06. The molecule has 0 unspecified atom stereocenters. The Morgan fingerprint density at radius 3 is 3.08 bits per heavy atom. The zero-order chi connectivity index (χ0) is 8.97. The van der Waals surface area contributed by atoms with Gasteiger partial charge in [0.05, 0.1) is 12.0 Å². The molecule has 1 aromatic rings. The van der Waals surface area contributed by atoms with Crippen molar-refractivity contribution < 1.29 is 9.53 Å². The van der Waals surface area contributed by atoms with Crippen molar-refractivity contribution in [3.05, 3.63) is 12.0 Å². The number of aromatic amines is 1. The summed E-state index contributed by atoms with van der Waals surface area (Å²) in [6.07, 6.45) is 1.50. The monoisotopic (exact) mass is 169 g/mol. The molecule has 0 bridgehead atoms. The van der Waals surface area contributed by atoms with Crippen LogP contribution in [0.1, 0.15) is 5.69 Å². The molecule has 1 rings (SSSR count). The highest BCUT2D eigenvalue weighted by atomic mass is 16.5. The second-order valence-electron chi connectivity index (χ2n) is 2.64. The first-order chi connectivity index (χ1) is 5.74.